The van der Waals surface area contributed by atoms with Gasteiger partial charge in [-0.15, -0.1) is 0 Å². The molecule has 0 N–H and O–H groups in total. The monoisotopic (exact) mass is 259 g/mol. The minimum Gasteiger partial charge on any atom is -0.333 e. The van der Waals surface area contributed by atoms with E-state index in [2.05, 4.69) is 0 Å². The third-order valence-electron chi connectivity index (χ3n) is 2.70. The van der Waals surface area contributed by atoms with Gasteiger partial charge in [-0.3, -0.25) is 4.79 Å². The Morgan fingerprint density at radius 1 is 1.44 bits per heavy atom. The molecule has 7 heteroatoms. The lowest BCUT2D eigenvalue weighted by Gasteiger charge is -2.38. The summed E-state index contributed by atoms with van der Waals surface area (Å²) in [5.74, 6) is -5.84. The van der Waals surface area contributed by atoms with Crippen LogP contribution >= 0.6 is 11.8 Å². The highest BCUT2D eigenvalue weighted by molar-refractivity contribution is 8.00. The molecule has 0 aromatic heterocycles. The Labute approximate surface area is 95.4 Å². The molecule has 0 radical (unpaired) electrons. The summed E-state index contributed by atoms with van der Waals surface area (Å²) in [6.07, 6.45) is -3.95. The predicted molar refractivity (Wildman–Crippen MR) is 54.0 cm³/mol. The Balaban J connectivity index is 2.80. The molecule has 0 aromatic carbocycles. The number of rotatable bonds is 2. The van der Waals surface area contributed by atoms with Crippen molar-refractivity contribution in [1.29, 1.82) is 0 Å². The van der Waals surface area contributed by atoms with E-state index >= 15 is 0 Å². The topological polar surface area (TPSA) is 20.3 Å². The van der Waals surface area contributed by atoms with Crippen molar-refractivity contribution in [2.75, 3.05) is 12.3 Å². The third kappa shape index (κ3) is 2.44. The molecule has 0 bridgehead atoms. The van der Waals surface area contributed by atoms with Crippen LogP contribution in [0, 0.1) is 0 Å². The molecular weight excluding hydrogens is 246 g/mol. The number of carbonyl (C=O) groups excluding carboxylic acids is 1. The summed E-state index contributed by atoms with van der Waals surface area (Å²) in [7, 11) is 0. The Morgan fingerprint density at radius 2 is 2.00 bits per heavy atom. The van der Waals surface area contributed by atoms with Crippen LogP contribution in [0.25, 0.3) is 0 Å². The predicted octanol–water partition coefficient (Wildman–Crippen LogP) is 2.24. The largest absolute Gasteiger partial charge is 0.383 e. The zero-order valence-corrected chi connectivity index (χ0v) is 9.74. The molecule has 0 saturated carbocycles. The fourth-order valence-electron chi connectivity index (χ4n) is 1.50. The third-order valence-corrected chi connectivity index (χ3v) is 4.04. The van der Waals surface area contributed by atoms with E-state index in [1.54, 1.807) is 25.6 Å². The van der Waals surface area contributed by atoms with Gasteiger partial charge in [0.25, 0.3) is 5.91 Å². The van der Waals surface area contributed by atoms with Crippen molar-refractivity contribution >= 4 is 17.7 Å². The average molecular weight is 259 g/mol. The van der Waals surface area contributed by atoms with Gasteiger partial charge in [-0.2, -0.15) is 20.5 Å². The molecule has 0 spiro atoms. The van der Waals surface area contributed by atoms with Crippen molar-refractivity contribution in [3.63, 3.8) is 0 Å². The summed E-state index contributed by atoms with van der Waals surface area (Å²) < 4.78 is 49.8. The zero-order valence-electron chi connectivity index (χ0n) is 8.92. The van der Waals surface area contributed by atoms with Crippen LogP contribution in [0.3, 0.4) is 0 Å². The van der Waals surface area contributed by atoms with Gasteiger partial charge in [0.2, 0.25) is 0 Å². The molecule has 2 unspecified atom stereocenters. The van der Waals surface area contributed by atoms with Crippen LogP contribution in [0.2, 0.25) is 0 Å². The lowest BCUT2D eigenvalue weighted by atomic mass is 10.1. The summed E-state index contributed by atoms with van der Waals surface area (Å²) in [5.41, 5.74) is 0. The van der Waals surface area contributed by atoms with E-state index in [0.717, 1.165) is 4.90 Å². The highest BCUT2D eigenvalue weighted by Gasteiger charge is 2.52. The number of carbonyl (C=O) groups is 1. The lowest BCUT2D eigenvalue weighted by molar-refractivity contribution is -0.182. The highest BCUT2D eigenvalue weighted by atomic mass is 32.2. The van der Waals surface area contributed by atoms with Gasteiger partial charge in [-0.05, 0) is 6.92 Å². The number of hydrogen-bond donors (Lipinski definition) is 0. The van der Waals surface area contributed by atoms with Crippen molar-refractivity contribution in [2.24, 2.45) is 0 Å². The molecule has 1 saturated heterocycles. The Kier molecular flexibility index (Phi) is 4.09. The number of amides is 1. The molecule has 0 aliphatic carbocycles. The Bertz CT molecular complexity index is 274. The highest BCUT2D eigenvalue weighted by Crippen LogP contribution is 2.31. The first-order valence-corrected chi connectivity index (χ1v) is 5.92. The van der Waals surface area contributed by atoms with Gasteiger partial charge < -0.3 is 4.90 Å². The number of halogens is 4. The molecule has 1 aliphatic heterocycles. The molecule has 1 amide bonds. The number of nitrogens with zero attached hydrogens (tertiary/aromatic N) is 1. The van der Waals surface area contributed by atoms with Crippen LogP contribution in [0.5, 0.6) is 0 Å². The molecule has 2 atom stereocenters. The van der Waals surface area contributed by atoms with E-state index in [1.165, 1.54) is 0 Å². The number of thioether (sulfide) groups is 1. The van der Waals surface area contributed by atoms with Crippen LogP contribution in [-0.4, -0.2) is 46.7 Å². The molecule has 0 aromatic rings. The van der Waals surface area contributed by atoms with Gasteiger partial charge in [0.05, 0.1) is 0 Å². The van der Waals surface area contributed by atoms with E-state index in [1.807, 2.05) is 0 Å². The molecular formula is C9H13F4NOS. The quantitative estimate of drug-likeness (QED) is 0.709. The summed E-state index contributed by atoms with van der Waals surface area (Å²) in [4.78, 5) is 12.2. The van der Waals surface area contributed by atoms with Crippen LogP contribution in [-0.2, 0) is 4.79 Å². The Morgan fingerprint density at radius 3 is 2.50 bits per heavy atom. The first-order valence-electron chi connectivity index (χ1n) is 4.87. The minimum absolute atomic E-state index is 0.0221. The van der Waals surface area contributed by atoms with Crippen LogP contribution < -0.4 is 0 Å². The van der Waals surface area contributed by atoms with Crippen molar-refractivity contribution in [2.45, 2.75) is 37.5 Å². The first-order chi connectivity index (χ1) is 7.28. The second kappa shape index (κ2) is 4.81. The first kappa shape index (κ1) is 13.6. The van der Waals surface area contributed by atoms with Gasteiger partial charge in [-0.25, -0.2) is 8.78 Å². The molecule has 2 nitrogen and oxygen atoms in total. The number of hydrogen-bond acceptors (Lipinski definition) is 2. The maximum absolute atomic E-state index is 12.9. The minimum atomic E-state index is -4.57. The van der Waals surface area contributed by atoms with Gasteiger partial charge in [0.1, 0.15) is 0 Å². The van der Waals surface area contributed by atoms with Gasteiger partial charge >= 0.3 is 12.3 Å². The van der Waals surface area contributed by atoms with E-state index in [0.29, 0.717) is 5.75 Å². The fourth-order valence-corrected chi connectivity index (χ4v) is 2.60. The molecule has 94 valence electrons. The SMILES string of the molecule is CC1SCCN(C(=O)C(F)(F)C(F)F)C1C. The van der Waals surface area contributed by atoms with E-state index in [-0.39, 0.29) is 11.8 Å². The lowest BCUT2D eigenvalue weighted by Crippen LogP contribution is -2.55. The Hall–Kier alpha value is -0.460. The summed E-state index contributed by atoms with van der Waals surface area (Å²) in [5, 5.41) is -0.0221. The maximum Gasteiger partial charge on any atom is 0.383 e. The van der Waals surface area contributed by atoms with Crippen LogP contribution in [0.15, 0.2) is 0 Å². The van der Waals surface area contributed by atoms with Gasteiger partial charge in [-0.1, -0.05) is 6.92 Å². The molecule has 1 rings (SSSR count). The zero-order chi connectivity index (χ0) is 12.5. The summed E-state index contributed by atoms with van der Waals surface area (Å²) in [6, 6.07) is -0.448. The van der Waals surface area contributed by atoms with Gasteiger partial charge in [0.15, 0.2) is 0 Å². The van der Waals surface area contributed by atoms with E-state index in [9.17, 15) is 22.4 Å². The van der Waals surface area contributed by atoms with Crippen molar-refractivity contribution in [3.05, 3.63) is 0 Å². The number of alkyl halides is 4. The molecule has 1 heterocycles. The van der Waals surface area contributed by atoms with Crippen LogP contribution in [0.1, 0.15) is 13.8 Å². The molecule has 1 aliphatic rings. The van der Waals surface area contributed by atoms with Crippen LogP contribution in [0.4, 0.5) is 17.6 Å². The second-order valence-electron chi connectivity index (χ2n) is 3.74. The normalized spacial score (nSPS) is 27.3. The maximum atomic E-state index is 12.9. The van der Waals surface area contributed by atoms with Crippen molar-refractivity contribution in [3.8, 4) is 0 Å². The second-order valence-corrected chi connectivity index (χ2v) is 5.22. The average Bonchev–Trinajstić information content (AvgIpc) is 2.21. The standard InChI is InChI=1S/C9H13F4NOS/c1-5-6(2)16-4-3-14(5)8(15)9(12,13)7(10)11/h5-7H,3-4H2,1-2H3. The van der Waals surface area contributed by atoms with E-state index < -0.39 is 24.3 Å². The van der Waals surface area contributed by atoms with Gasteiger partial charge in [0, 0.05) is 23.6 Å². The molecule has 1 fully saturated rings. The summed E-state index contributed by atoms with van der Waals surface area (Å²) >= 11 is 1.54. The fraction of sp³-hybridized carbons (Fsp3) is 0.889. The van der Waals surface area contributed by atoms with E-state index in [4.69, 9.17) is 0 Å². The van der Waals surface area contributed by atoms with Crippen molar-refractivity contribution < 1.29 is 22.4 Å². The smallest absolute Gasteiger partial charge is 0.333 e. The summed E-state index contributed by atoms with van der Waals surface area (Å²) in [6.45, 7) is 3.48. The molecule has 16 heavy (non-hydrogen) atoms. The van der Waals surface area contributed by atoms with Crippen molar-refractivity contribution in [1.82, 2.24) is 4.90 Å².